The van der Waals surface area contributed by atoms with Crippen LogP contribution in [0.15, 0.2) is 72.9 Å². The highest BCUT2D eigenvalue weighted by Gasteiger charge is 2.28. The Morgan fingerprint density at radius 2 is 1.10 bits per heavy atom. The number of phosphoric acid groups is 1. The maximum atomic E-state index is 12.6. The Labute approximate surface area is 360 Å². The number of carboxylic acids is 1. The van der Waals surface area contributed by atoms with Gasteiger partial charge in [-0.3, -0.25) is 23.4 Å². The van der Waals surface area contributed by atoms with Crippen molar-refractivity contribution in [2.75, 3.05) is 19.8 Å². The molecule has 0 fully saturated rings. The highest BCUT2D eigenvalue weighted by atomic mass is 31.2. The van der Waals surface area contributed by atoms with Gasteiger partial charge in [0.15, 0.2) is 6.10 Å². The summed E-state index contributed by atoms with van der Waals surface area (Å²) in [6.07, 6.45) is 39.9. The minimum Gasteiger partial charge on any atom is -0.480 e. The number of phosphoric ester groups is 1. The molecule has 0 heterocycles. The topological polar surface area (TPSA) is 212 Å². The van der Waals surface area contributed by atoms with E-state index in [0.29, 0.717) is 25.7 Å². The van der Waals surface area contributed by atoms with E-state index < -0.39 is 69.9 Å². The summed E-state index contributed by atoms with van der Waals surface area (Å²) in [5.74, 6) is -2.56. The Morgan fingerprint density at radius 1 is 0.600 bits per heavy atom. The summed E-state index contributed by atoms with van der Waals surface area (Å²) in [5, 5.41) is 29.3. The van der Waals surface area contributed by atoms with Crippen LogP contribution < -0.4 is 5.73 Å². The number of hydrogen-bond acceptors (Lipinski definition) is 11. The third-order valence-corrected chi connectivity index (χ3v) is 10.1. The zero-order valence-corrected chi connectivity index (χ0v) is 37.4. The average Bonchev–Trinajstić information content (AvgIpc) is 3.22. The molecule has 0 bridgehead atoms. The van der Waals surface area contributed by atoms with Gasteiger partial charge in [0.25, 0.3) is 0 Å². The first-order valence-corrected chi connectivity index (χ1v) is 23.6. The zero-order valence-electron chi connectivity index (χ0n) is 36.5. The van der Waals surface area contributed by atoms with Crippen LogP contribution in [0.4, 0.5) is 0 Å². The number of hydrogen-bond donors (Lipinski definition) is 5. The predicted molar refractivity (Wildman–Crippen MR) is 238 cm³/mol. The number of allylic oxidation sites excluding steroid dienone is 11. The SMILES string of the molecule is CC/C=C\C/C=C\C/C=C\C/C=C\C/C=C\CCCCCC(=O)O[C@H](COC(=O)CCCCCCC[C@@H](O)[C@H](O)C/C=C\CCCCC)COP(=O)(O)OC[C@H](N)C(=O)O. The van der Waals surface area contributed by atoms with Crippen molar-refractivity contribution < 1.29 is 57.7 Å². The molecule has 14 heteroatoms. The molecule has 0 rings (SSSR count). The van der Waals surface area contributed by atoms with Crippen molar-refractivity contribution in [3.05, 3.63) is 72.9 Å². The fourth-order valence-electron chi connectivity index (χ4n) is 5.52. The van der Waals surface area contributed by atoms with Crippen LogP contribution in [0.1, 0.15) is 155 Å². The first kappa shape index (κ1) is 56.8. The highest BCUT2D eigenvalue weighted by molar-refractivity contribution is 7.47. The van der Waals surface area contributed by atoms with Crippen LogP contribution >= 0.6 is 7.82 Å². The Morgan fingerprint density at radius 3 is 1.70 bits per heavy atom. The van der Waals surface area contributed by atoms with E-state index in [-0.39, 0.29) is 12.8 Å². The molecule has 0 saturated heterocycles. The fourth-order valence-corrected chi connectivity index (χ4v) is 6.30. The lowest BCUT2D eigenvalue weighted by Crippen LogP contribution is -2.34. The van der Waals surface area contributed by atoms with Gasteiger partial charge in [0.1, 0.15) is 12.6 Å². The second-order valence-electron chi connectivity index (χ2n) is 14.8. The molecule has 0 aliphatic rings. The minimum absolute atomic E-state index is 0.0863. The average molecular weight is 868 g/mol. The van der Waals surface area contributed by atoms with Crippen LogP contribution in [0.5, 0.6) is 0 Å². The van der Waals surface area contributed by atoms with E-state index in [9.17, 15) is 34.1 Å². The second kappa shape index (κ2) is 39.9. The van der Waals surface area contributed by atoms with Gasteiger partial charge in [-0.1, -0.05) is 132 Å². The minimum atomic E-state index is -4.77. The van der Waals surface area contributed by atoms with Crippen molar-refractivity contribution in [3.63, 3.8) is 0 Å². The van der Waals surface area contributed by atoms with E-state index in [1.54, 1.807) is 0 Å². The van der Waals surface area contributed by atoms with Crippen molar-refractivity contribution in [1.82, 2.24) is 0 Å². The summed E-state index contributed by atoms with van der Waals surface area (Å²) in [4.78, 5) is 46.0. The molecule has 0 aromatic rings. The van der Waals surface area contributed by atoms with Crippen LogP contribution in [0, 0.1) is 0 Å². The number of ether oxygens (including phenoxy) is 2. The summed E-state index contributed by atoms with van der Waals surface area (Å²) in [5.41, 5.74) is 5.32. The molecule has 344 valence electrons. The lowest BCUT2D eigenvalue weighted by atomic mass is 10.0. The number of aliphatic hydroxyl groups excluding tert-OH is 2. The maximum absolute atomic E-state index is 12.6. The molecule has 0 spiro atoms. The number of nitrogens with two attached hydrogens (primary N) is 1. The number of carbonyl (C=O) groups is 3. The number of esters is 2. The number of carbonyl (C=O) groups excluding carboxylic acids is 2. The number of rotatable bonds is 40. The molecule has 60 heavy (non-hydrogen) atoms. The van der Waals surface area contributed by atoms with Crippen LogP contribution in [-0.2, 0) is 37.5 Å². The van der Waals surface area contributed by atoms with E-state index in [0.717, 1.165) is 96.3 Å². The van der Waals surface area contributed by atoms with E-state index in [1.807, 2.05) is 6.08 Å². The van der Waals surface area contributed by atoms with Gasteiger partial charge in [-0.25, -0.2) is 4.57 Å². The summed E-state index contributed by atoms with van der Waals surface area (Å²) in [7, 11) is -4.77. The number of aliphatic hydroxyl groups is 2. The maximum Gasteiger partial charge on any atom is 0.472 e. The molecule has 0 amide bonds. The van der Waals surface area contributed by atoms with Gasteiger partial charge in [-0.05, 0) is 83.5 Å². The van der Waals surface area contributed by atoms with Crippen LogP contribution in [0.2, 0.25) is 0 Å². The smallest absolute Gasteiger partial charge is 0.472 e. The zero-order chi connectivity index (χ0) is 44.5. The Kier molecular flexibility index (Phi) is 37.8. The van der Waals surface area contributed by atoms with Gasteiger partial charge in [-0.15, -0.1) is 0 Å². The van der Waals surface area contributed by atoms with Crippen LogP contribution in [-0.4, -0.2) is 82.3 Å². The first-order valence-electron chi connectivity index (χ1n) is 22.1. The molecule has 0 aliphatic heterocycles. The van der Waals surface area contributed by atoms with Crippen LogP contribution in [0.25, 0.3) is 0 Å². The van der Waals surface area contributed by atoms with Gasteiger partial charge in [-0.2, -0.15) is 0 Å². The van der Waals surface area contributed by atoms with E-state index >= 15 is 0 Å². The molecule has 0 aromatic carbocycles. The summed E-state index contributed by atoms with van der Waals surface area (Å²) in [6, 6.07) is -1.55. The van der Waals surface area contributed by atoms with Gasteiger partial charge in [0.05, 0.1) is 25.4 Å². The van der Waals surface area contributed by atoms with E-state index in [2.05, 4.69) is 85.2 Å². The van der Waals surface area contributed by atoms with Gasteiger partial charge in [0.2, 0.25) is 0 Å². The molecule has 1 unspecified atom stereocenters. The van der Waals surface area contributed by atoms with Crippen molar-refractivity contribution in [2.45, 2.75) is 179 Å². The lowest BCUT2D eigenvalue weighted by Gasteiger charge is -2.20. The normalized spacial score (nSPS) is 15.4. The number of unbranched alkanes of at least 4 members (excludes halogenated alkanes) is 10. The largest absolute Gasteiger partial charge is 0.480 e. The van der Waals surface area contributed by atoms with Gasteiger partial charge >= 0.3 is 25.7 Å². The Balaban J connectivity index is 4.55. The predicted octanol–water partition coefficient (Wildman–Crippen LogP) is 9.67. The molecule has 0 saturated carbocycles. The first-order chi connectivity index (χ1) is 28.9. The number of carboxylic acid groups (broad SMARTS) is 1. The summed E-state index contributed by atoms with van der Waals surface area (Å²) >= 11 is 0. The Hall–Kier alpha value is -3.16. The lowest BCUT2D eigenvalue weighted by molar-refractivity contribution is -0.161. The van der Waals surface area contributed by atoms with E-state index in [1.165, 1.54) is 6.42 Å². The van der Waals surface area contributed by atoms with Crippen molar-refractivity contribution in [2.24, 2.45) is 5.73 Å². The number of aliphatic carboxylic acids is 1. The van der Waals surface area contributed by atoms with E-state index in [4.69, 9.17) is 24.8 Å². The van der Waals surface area contributed by atoms with Crippen molar-refractivity contribution in [1.29, 1.82) is 0 Å². The standard InChI is InChI=1S/C46H78NO12P/c1-3-5-7-9-11-12-13-14-15-16-17-18-19-20-21-22-23-27-32-36-45(51)59-40(38-57-60(54,55)58-39-41(47)46(52)53)37-56-44(50)35-31-28-24-26-30-34-43(49)42(48)33-29-25-10-8-6-4-2/h5,7,11-12,14-15,17-18,20-21,25,29,40-43,48-49H,3-4,6,8-10,13,16,19,22-24,26-28,30-39,47H2,1-2H3,(H,52,53)(H,54,55)/b7-5-,12-11-,15-14-,18-17-,21-20-,29-25-/t40-,41+,42-,43-/m1/s1. The monoisotopic (exact) mass is 868 g/mol. The molecule has 5 atom stereocenters. The molecule has 0 aliphatic carbocycles. The van der Waals surface area contributed by atoms with Crippen molar-refractivity contribution in [3.8, 4) is 0 Å². The second-order valence-corrected chi connectivity index (χ2v) is 16.2. The molecule has 0 aromatic heterocycles. The Bertz CT molecular complexity index is 1330. The van der Waals surface area contributed by atoms with Crippen molar-refractivity contribution >= 4 is 25.7 Å². The molecule has 6 N–H and O–H groups in total. The van der Waals surface area contributed by atoms with Crippen LogP contribution in [0.3, 0.4) is 0 Å². The molecule has 13 nitrogen and oxygen atoms in total. The molecular weight excluding hydrogens is 789 g/mol. The highest BCUT2D eigenvalue weighted by Crippen LogP contribution is 2.43. The third-order valence-electron chi connectivity index (χ3n) is 9.14. The van der Waals surface area contributed by atoms with Gasteiger partial charge in [0, 0.05) is 12.8 Å². The quantitative estimate of drug-likeness (QED) is 0.0168. The molecule has 0 radical (unpaired) electrons. The summed E-state index contributed by atoms with van der Waals surface area (Å²) < 4.78 is 32.6. The molecular formula is C46H78NO12P. The third kappa shape index (κ3) is 37.8. The fraction of sp³-hybridized carbons (Fsp3) is 0.674. The summed E-state index contributed by atoms with van der Waals surface area (Å²) in [6.45, 7) is 2.43. The van der Waals surface area contributed by atoms with Gasteiger partial charge < -0.3 is 35.4 Å².